The van der Waals surface area contributed by atoms with E-state index in [1.807, 2.05) is 0 Å². The summed E-state index contributed by atoms with van der Waals surface area (Å²) in [5, 5.41) is 0. The van der Waals surface area contributed by atoms with Crippen LogP contribution in [0.1, 0.15) is 21.8 Å². The lowest BCUT2D eigenvalue weighted by Crippen LogP contribution is -2.60. The monoisotopic (exact) mass is 356 g/mol. The molecule has 20 heavy (non-hydrogen) atoms. The van der Waals surface area contributed by atoms with Gasteiger partial charge in [0.25, 0.3) is 0 Å². The van der Waals surface area contributed by atoms with E-state index in [1.54, 1.807) is 0 Å². The zero-order chi connectivity index (χ0) is 14.8. The first-order chi connectivity index (χ1) is 7.68. The number of hydrogen-bond donors (Lipinski definition) is 0. The van der Waals surface area contributed by atoms with E-state index >= 15 is 0 Å². The maximum absolute atomic E-state index is 6.43. The Morgan fingerprint density at radius 1 is 0.550 bits per heavy atom. The lowest BCUT2D eigenvalue weighted by molar-refractivity contribution is 0.254. The highest BCUT2D eigenvalue weighted by Gasteiger charge is 2.48. The Morgan fingerprint density at radius 2 is 0.750 bits per heavy atom. The van der Waals surface area contributed by atoms with E-state index in [0.717, 1.165) is 6.04 Å². The molecule has 0 aromatic heterocycles. The van der Waals surface area contributed by atoms with Crippen LogP contribution in [0.25, 0.3) is 0 Å². The summed E-state index contributed by atoms with van der Waals surface area (Å²) in [6.45, 7) is 22.1. The van der Waals surface area contributed by atoms with Crippen molar-refractivity contribution < 1.29 is 12.3 Å². The van der Waals surface area contributed by atoms with Gasteiger partial charge >= 0.3 is 8.80 Å². The van der Waals surface area contributed by atoms with Crippen molar-refractivity contribution in [2.45, 2.75) is 86.7 Å². The summed E-state index contributed by atoms with van der Waals surface area (Å²) in [5.74, 6) is 0. The van der Waals surface area contributed by atoms with Crippen LogP contribution >= 0.6 is 0 Å². The lowest BCUT2D eigenvalue weighted by Gasteiger charge is -2.42. The molecule has 0 saturated heterocycles. The predicted molar refractivity (Wildman–Crippen MR) is 103 cm³/mol. The Morgan fingerprint density at radius 3 is 0.850 bits per heavy atom. The van der Waals surface area contributed by atoms with Gasteiger partial charge < -0.3 is 12.3 Å². The molecule has 0 aromatic rings. The van der Waals surface area contributed by atoms with Crippen LogP contribution in [0, 0.1) is 0 Å². The van der Waals surface area contributed by atoms with Crippen LogP contribution in [0.15, 0.2) is 0 Å². The van der Waals surface area contributed by atoms with Gasteiger partial charge in [0.1, 0.15) is 0 Å². The van der Waals surface area contributed by atoms with Crippen LogP contribution in [0.3, 0.4) is 0 Å². The topological polar surface area (TPSA) is 27.7 Å². The maximum atomic E-state index is 6.43. The molecule has 0 amide bonds. The Bertz CT molecular complexity index is 223. The van der Waals surface area contributed by atoms with Crippen molar-refractivity contribution in [3.05, 3.63) is 0 Å². The Kier molecular flexibility index (Phi) is 10.8. The van der Waals surface area contributed by atoms with Gasteiger partial charge in [0.15, 0.2) is 25.0 Å². The quantitative estimate of drug-likeness (QED) is 0.542. The van der Waals surface area contributed by atoms with Crippen molar-refractivity contribution in [2.24, 2.45) is 0 Å². The van der Waals surface area contributed by atoms with Gasteiger partial charge in [-0.25, -0.2) is 0 Å². The third-order valence-corrected chi connectivity index (χ3v) is 13.8. The minimum Gasteiger partial charge on any atom is -0.417 e. The van der Waals surface area contributed by atoms with Gasteiger partial charge in [0.2, 0.25) is 0 Å². The average molecular weight is 357 g/mol. The average Bonchev–Trinajstić information content (AvgIpc) is 1.93. The lowest BCUT2D eigenvalue weighted by atomic mass is 11.0. The largest absolute Gasteiger partial charge is 0.469 e. The first kappa shape index (κ1) is 25.7. The molecule has 0 aliphatic carbocycles. The molecule has 0 N–H and O–H groups in total. The van der Waals surface area contributed by atoms with Gasteiger partial charge in [-0.2, -0.15) is 0 Å². The van der Waals surface area contributed by atoms with Crippen LogP contribution in [0.5, 0.6) is 0 Å². The second-order valence-electron chi connectivity index (χ2n) is 7.68. The fourth-order valence-electron chi connectivity index (χ4n) is 1.68. The van der Waals surface area contributed by atoms with Crippen LogP contribution in [0.2, 0.25) is 65.0 Å². The fourth-order valence-corrected chi connectivity index (χ4v) is 16.2. The van der Waals surface area contributed by atoms with E-state index in [0.29, 0.717) is 0 Å². The number of rotatable bonds is 7. The fraction of sp³-hybridized carbons (Fsp3) is 1.00. The Hall–Kier alpha value is 0.748. The highest BCUT2D eigenvalue weighted by atomic mass is 28.5. The highest BCUT2D eigenvalue weighted by Crippen LogP contribution is 2.28. The van der Waals surface area contributed by atoms with E-state index in [-0.39, 0.29) is 14.9 Å². The molecule has 0 bridgehead atoms. The van der Waals surface area contributed by atoms with E-state index in [4.69, 9.17) is 12.3 Å². The molecule has 0 rings (SSSR count). The molecule has 7 heteroatoms. The van der Waals surface area contributed by atoms with Crippen molar-refractivity contribution in [3.8, 4) is 0 Å². The van der Waals surface area contributed by atoms with Crippen molar-refractivity contribution in [2.75, 3.05) is 0 Å². The third kappa shape index (κ3) is 12.5. The second kappa shape index (κ2) is 8.40. The van der Waals surface area contributed by atoms with Crippen molar-refractivity contribution in [1.82, 2.24) is 0 Å². The zero-order valence-electron chi connectivity index (χ0n) is 13.9. The molecule has 0 saturated carbocycles. The summed E-state index contributed by atoms with van der Waals surface area (Å²) in [6, 6.07) is 0.881. The number of hydrogen-bond acceptors (Lipinski definition) is 3. The minimum atomic E-state index is -2.49. The molecule has 0 spiro atoms. The summed E-state index contributed by atoms with van der Waals surface area (Å²) >= 11 is 0. The normalized spacial score (nSPS) is 13.5. The zero-order valence-corrected chi connectivity index (χ0v) is 17.9. The smallest absolute Gasteiger partial charge is 0.417 e. The van der Waals surface area contributed by atoms with E-state index in [2.05, 4.69) is 65.8 Å². The van der Waals surface area contributed by atoms with Gasteiger partial charge in [0.05, 0.1) is 0 Å². The van der Waals surface area contributed by atoms with Crippen molar-refractivity contribution in [3.63, 3.8) is 0 Å². The minimum absolute atomic E-state index is 0. The molecule has 0 aliphatic heterocycles. The molecular weight excluding hydrogens is 316 g/mol. The van der Waals surface area contributed by atoms with Gasteiger partial charge in [-0.3, -0.25) is 0 Å². The van der Waals surface area contributed by atoms with Crippen LogP contribution in [-0.4, -0.2) is 33.8 Å². The SMILES string of the molecule is C.C.CC[Si](O[Si](C)(C)C)(O[Si](C)(C)C)O[Si](C)(C)C. The molecular formula is C13H40O3Si4. The highest BCUT2D eigenvalue weighted by molar-refractivity contribution is 6.90. The third-order valence-electron chi connectivity index (χ3n) is 1.82. The van der Waals surface area contributed by atoms with Gasteiger partial charge in [-0.15, -0.1) is 0 Å². The first-order valence-corrected chi connectivity index (χ1v) is 18.9. The summed E-state index contributed by atoms with van der Waals surface area (Å²) in [7, 11) is -7.46. The Labute approximate surface area is 133 Å². The molecule has 0 radical (unpaired) electrons. The standard InChI is InChI=1S/C11H32O3Si4.2CH4/c1-11-18(12-15(2,3)4,13-16(5,6)7)14-17(8,9)10;;/h11H2,1-10H3;2*1H4. The second-order valence-corrected chi connectivity index (χ2v) is 24.9. The van der Waals surface area contributed by atoms with E-state index in [9.17, 15) is 0 Å². The maximum Gasteiger partial charge on any atom is 0.469 e. The summed E-state index contributed by atoms with van der Waals surface area (Å²) in [6.07, 6.45) is 0. The molecule has 126 valence electrons. The van der Waals surface area contributed by atoms with Crippen molar-refractivity contribution >= 4 is 33.8 Å². The van der Waals surface area contributed by atoms with Gasteiger partial charge in [0, 0.05) is 6.04 Å². The first-order valence-electron chi connectivity index (χ1n) is 6.79. The van der Waals surface area contributed by atoms with Crippen LogP contribution in [0.4, 0.5) is 0 Å². The predicted octanol–water partition coefficient (Wildman–Crippen LogP) is 5.77. The van der Waals surface area contributed by atoms with Crippen LogP contribution < -0.4 is 0 Å². The van der Waals surface area contributed by atoms with Gasteiger partial charge in [-0.05, 0) is 58.9 Å². The molecule has 0 aliphatic rings. The molecule has 0 aromatic carbocycles. The van der Waals surface area contributed by atoms with E-state index < -0.39 is 33.8 Å². The van der Waals surface area contributed by atoms with Gasteiger partial charge in [-0.1, -0.05) is 21.8 Å². The molecule has 0 unspecified atom stereocenters. The summed E-state index contributed by atoms with van der Waals surface area (Å²) < 4.78 is 19.3. The molecule has 0 heterocycles. The summed E-state index contributed by atoms with van der Waals surface area (Å²) in [4.78, 5) is 0. The van der Waals surface area contributed by atoms with Crippen LogP contribution in [-0.2, 0) is 12.3 Å². The summed E-state index contributed by atoms with van der Waals surface area (Å²) in [5.41, 5.74) is 0. The van der Waals surface area contributed by atoms with Crippen molar-refractivity contribution in [1.29, 1.82) is 0 Å². The Balaban J connectivity index is -0.00000144. The molecule has 0 atom stereocenters. The van der Waals surface area contributed by atoms with E-state index in [1.165, 1.54) is 0 Å². The molecule has 0 fully saturated rings. The molecule has 3 nitrogen and oxygen atoms in total.